The van der Waals surface area contributed by atoms with Crippen LogP contribution in [0.2, 0.25) is 0 Å². The Bertz CT molecular complexity index is 646. The van der Waals surface area contributed by atoms with Gasteiger partial charge in [0.15, 0.2) is 0 Å². The predicted molar refractivity (Wildman–Crippen MR) is 77.5 cm³/mol. The van der Waals surface area contributed by atoms with Crippen LogP contribution in [0, 0.1) is 6.92 Å². The van der Waals surface area contributed by atoms with E-state index in [4.69, 9.17) is 5.11 Å². The van der Waals surface area contributed by atoms with Crippen LogP contribution >= 0.6 is 0 Å². The third-order valence-electron chi connectivity index (χ3n) is 3.19. The van der Waals surface area contributed by atoms with Crippen molar-refractivity contribution in [2.24, 2.45) is 0 Å². The minimum absolute atomic E-state index is 0.288. The van der Waals surface area contributed by atoms with Gasteiger partial charge in [-0.3, -0.25) is 9.59 Å². The van der Waals surface area contributed by atoms with Crippen LogP contribution in [0.3, 0.4) is 0 Å². The minimum atomic E-state index is -1.02. The number of nitrogens with zero attached hydrogens (tertiary/aromatic N) is 3. The monoisotopic (exact) mass is 287 g/mol. The van der Waals surface area contributed by atoms with E-state index in [1.165, 1.54) is 4.90 Å². The number of likely N-dealkylation sites (N-methyl/N-ethyl adjacent to an activating group) is 1. The Morgan fingerprint density at radius 1 is 1.24 bits per heavy atom. The van der Waals surface area contributed by atoms with Gasteiger partial charge in [-0.25, -0.2) is 4.68 Å². The van der Waals surface area contributed by atoms with Crippen molar-refractivity contribution < 1.29 is 14.7 Å². The van der Waals surface area contributed by atoms with Gasteiger partial charge in [-0.05, 0) is 44.2 Å². The molecule has 1 aromatic heterocycles. The van der Waals surface area contributed by atoms with Crippen molar-refractivity contribution in [3.63, 3.8) is 0 Å². The zero-order valence-corrected chi connectivity index (χ0v) is 12.0. The molecule has 0 radical (unpaired) electrons. The molecule has 0 saturated heterocycles. The van der Waals surface area contributed by atoms with Gasteiger partial charge in [0.1, 0.15) is 6.54 Å². The van der Waals surface area contributed by atoms with Crippen LogP contribution in [0.5, 0.6) is 0 Å². The summed E-state index contributed by atoms with van der Waals surface area (Å²) < 4.78 is 1.77. The molecule has 1 amide bonds. The van der Waals surface area contributed by atoms with Crippen molar-refractivity contribution in [2.75, 3.05) is 13.1 Å². The molecule has 1 N–H and O–H groups in total. The second-order valence-corrected chi connectivity index (χ2v) is 4.64. The summed E-state index contributed by atoms with van der Waals surface area (Å²) in [5.74, 6) is -1.31. The van der Waals surface area contributed by atoms with Crippen LogP contribution in [-0.4, -0.2) is 44.8 Å². The molecule has 0 aliphatic rings. The maximum absolute atomic E-state index is 12.2. The first-order valence-electron chi connectivity index (χ1n) is 6.65. The van der Waals surface area contributed by atoms with Gasteiger partial charge >= 0.3 is 5.97 Å². The molecule has 2 aromatic rings. The summed E-state index contributed by atoms with van der Waals surface area (Å²) in [5.41, 5.74) is 2.32. The molecule has 21 heavy (non-hydrogen) atoms. The minimum Gasteiger partial charge on any atom is -0.480 e. The maximum Gasteiger partial charge on any atom is 0.323 e. The van der Waals surface area contributed by atoms with Crippen LogP contribution in [0.4, 0.5) is 0 Å². The molecular weight excluding hydrogens is 270 g/mol. The highest BCUT2D eigenvalue weighted by Crippen LogP contribution is 2.13. The Labute approximate surface area is 122 Å². The molecule has 1 heterocycles. The first-order valence-corrected chi connectivity index (χ1v) is 6.65. The number of rotatable bonds is 5. The maximum atomic E-state index is 12.2. The number of hydrogen-bond acceptors (Lipinski definition) is 3. The highest BCUT2D eigenvalue weighted by Gasteiger charge is 2.16. The summed E-state index contributed by atoms with van der Waals surface area (Å²) in [6.45, 7) is 3.75. The molecule has 0 atom stereocenters. The normalized spacial score (nSPS) is 10.4. The number of aryl methyl sites for hydroxylation is 1. The Morgan fingerprint density at radius 2 is 1.90 bits per heavy atom. The summed E-state index contributed by atoms with van der Waals surface area (Å²) in [5, 5.41) is 13.0. The number of aromatic nitrogens is 2. The van der Waals surface area contributed by atoms with Gasteiger partial charge in [-0.15, -0.1) is 0 Å². The third-order valence-corrected chi connectivity index (χ3v) is 3.19. The van der Waals surface area contributed by atoms with E-state index in [-0.39, 0.29) is 12.5 Å². The fourth-order valence-electron chi connectivity index (χ4n) is 2.06. The van der Waals surface area contributed by atoms with Gasteiger partial charge in [0.25, 0.3) is 5.91 Å². The van der Waals surface area contributed by atoms with E-state index >= 15 is 0 Å². The second kappa shape index (κ2) is 6.21. The number of carboxylic acids is 1. The second-order valence-electron chi connectivity index (χ2n) is 4.64. The number of carbonyl (C=O) groups is 2. The van der Waals surface area contributed by atoms with Gasteiger partial charge in [0, 0.05) is 24.0 Å². The zero-order valence-electron chi connectivity index (χ0n) is 12.0. The summed E-state index contributed by atoms with van der Waals surface area (Å²) in [4.78, 5) is 24.3. The Morgan fingerprint density at radius 3 is 2.38 bits per heavy atom. The van der Waals surface area contributed by atoms with E-state index in [0.29, 0.717) is 12.1 Å². The number of carboxylic acid groups (broad SMARTS) is 1. The van der Waals surface area contributed by atoms with E-state index < -0.39 is 5.97 Å². The number of amides is 1. The van der Waals surface area contributed by atoms with Crippen molar-refractivity contribution >= 4 is 11.9 Å². The van der Waals surface area contributed by atoms with Crippen molar-refractivity contribution in [2.45, 2.75) is 13.8 Å². The largest absolute Gasteiger partial charge is 0.480 e. The van der Waals surface area contributed by atoms with Crippen molar-refractivity contribution in [1.29, 1.82) is 0 Å². The molecule has 2 rings (SSSR count). The van der Waals surface area contributed by atoms with Crippen LogP contribution in [0.1, 0.15) is 23.0 Å². The fourth-order valence-corrected chi connectivity index (χ4v) is 2.06. The topological polar surface area (TPSA) is 75.4 Å². The lowest BCUT2D eigenvalue weighted by atomic mass is 10.1. The standard InChI is InChI=1S/C15H17N3O3/c1-3-17(10-14(19)20)15(21)12-4-6-13(7-5-12)18-11(2)8-9-16-18/h4-9H,3,10H2,1-2H3,(H,19,20). The molecule has 0 aliphatic heterocycles. The SMILES string of the molecule is CCN(CC(=O)O)C(=O)c1ccc(-n2nccc2C)cc1. The van der Waals surface area contributed by atoms with Crippen molar-refractivity contribution in [1.82, 2.24) is 14.7 Å². The average molecular weight is 287 g/mol. The molecular formula is C15H17N3O3. The van der Waals surface area contributed by atoms with Crippen molar-refractivity contribution in [3.05, 3.63) is 47.8 Å². The lowest BCUT2D eigenvalue weighted by Gasteiger charge is -2.18. The molecule has 0 saturated carbocycles. The summed E-state index contributed by atoms with van der Waals surface area (Å²) in [6, 6.07) is 8.85. The summed E-state index contributed by atoms with van der Waals surface area (Å²) >= 11 is 0. The van der Waals surface area contributed by atoms with E-state index in [9.17, 15) is 9.59 Å². The Kier molecular flexibility index (Phi) is 4.37. The molecule has 1 aromatic carbocycles. The first-order chi connectivity index (χ1) is 10.0. The number of aliphatic carboxylic acids is 1. The van der Waals surface area contributed by atoms with E-state index in [0.717, 1.165) is 11.4 Å². The van der Waals surface area contributed by atoms with Gasteiger partial charge in [0.05, 0.1) is 5.69 Å². The van der Waals surface area contributed by atoms with E-state index in [1.54, 1.807) is 42.1 Å². The van der Waals surface area contributed by atoms with E-state index in [1.807, 2.05) is 13.0 Å². The molecule has 0 bridgehead atoms. The third kappa shape index (κ3) is 3.28. The highest BCUT2D eigenvalue weighted by atomic mass is 16.4. The van der Waals surface area contributed by atoms with E-state index in [2.05, 4.69) is 5.10 Å². The van der Waals surface area contributed by atoms with Crippen LogP contribution in [0.25, 0.3) is 5.69 Å². The molecule has 0 aliphatic carbocycles. The van der Waals surface area contributed by atoms with Gasteiger partial charge < -0.3 is 10.0 Å². The molecule has 0 spiro atoms. The lowest BCUT2D eigenvalue weighted by molar-refractivity contribution is -0.137. The fraction of sp³-hybridized carbons (Fsp3) is 0.267. The summed E-state index contributed by atoms with van der Waals surface area (Å²) in [6.07, 6.45) is 1.71. The van der Waals surface area contributed by atoms with Gasteiger partial charge in [-0.1, -0.05) is 0 Å². The number of carbonyl (C=O) groups excluding carboxylic acids is 1. The molecule has 6 heteroatoms. The zero-order chi connectivity index (χ0) is 15.4. The van der Waals surface area contributed by atoms with Crippen molar-refractivity contribution in [3.8, 4) is 5.69 Å². The molecule has 0 unspecified atom stereocenters. The number of benzene rings is 1. The molecule has 0 fully saturated rings. The molecule has 6 nitrogen and oxygen atoms in total. The lowest BCUT2D eigenvalue weighted by Crippen LogP contribution is -2.35. The van der Waals surface area contributed by atoms with Crippen LogP contribution in [0.15, 0.2) is 36.5 Å². The smallest absolute Gasteiger partial charge is 0.323 e. The predicted octanol–water partition coefficient (Wildman–Crippen LogP) is 1.73. The number of hydrogen-bond donors (Lipinski definition) is 1. The Balaban J connectivity index is 2.20. The van der Waals surface area contributed by atoms with Gasteiger partial charge in [-0.2, -0.15) is 5.10 Å². The highest BCUT2D eigenvalue weighted by molar-refractivity contribution is 5.96. The van der Waals surface area contributed by atoms with Gasteiger partial charge in [0.2, 0.25) is 0 Å². The van der Waals surface area contributed by atoms with Crippen LogP contribution in [-0.2, 0) is 4.79 Å². The van der Waals surface area contributed by atoms with Crippen LogP contribution < -0.4 is 0 Å². The Hall–Kier alpha value is -2.63. The first kappa shape index (κ1) is 14.8. The summed E-state index contributed by atoms with van der Waals surface area (Å²) in [7, 11) is 0. The molecule has 110 valence electrons. The quantitative estimate of drug-likeness (QED) is 0.908. The average Bonchev–Trinajstić information content (AvgIpc) is 2.90.